The quantitative estimate of drug-likeness (QED) is 0.0163. The van der Waals surface area contributed by atoms with Crippen LogP contribution < -0.4 is 47.9 Å². The van der Waals surface area contributed by atoms with Gasteiger partial charge in [0.25, 0.3) is 0 Å². The highest BCUT2D eigenvalue weighted by atomic mass is 16.7. The van der Waals surface area contributed by atoms with Crippen molar-refractivity contribution in [1.29, 1.82) is 0 Å². The van der Waals surface area contributed by atoms with E-state index in [1.54, 1.807) is 4.90 Å². The Morgan fingerprint density at radius 1 is 0.287 bits per heavy atom. The lowest BCUT2D eigenvalue weighted by molar-refractivity contribution is -0.277. The maximum atomic E-state index is 13.8. The van der Waals surface area contributed by atoms with E-state index in [0.29, 0.717) is 45.4 Å². The second-order valence-electron chi connectivity index (χ2n) is 26.8. The lowest BCUT2D eigenvalue weighted by Crippen LogP contribution is -2.66. The standard InChI is InChI=1S/C72H114N10O33/c1-40(83)79-61-67(110-49(10)92)64(107-46(7)89)52(37-104-43(4)86)113-70(61)101-34-22-57(97)74-27-13-19-55(95)77-30-16-25-73-26-17-32-82(60(100)21-15-29-76-59(99)24-36-103-72-63(81-42(3)85)69(112-51(12)94)66(109-48(9)91)54(115-72)39-106-45(6)88)33-18-31-78-56(96)20-14-28-75-58(98)23-35-102-71-62(80-41(2)84)68(111-50(11)93)65(108-47(8)90)53(114-71)38-105-44(5)87/h52-54,61-73H,13-39H2,1-12H3,(H,74,97)(H,75,98)(H,76,99)(H,77,95)(H,78,96)(H,79,83)(H,80,84)(H,81,85)/t52?,53?,54?,61?,62?,63?,64-,65-,66-,67+,68+,69+,70+,71+,72+/m0/s1. The molecule has 0 aromatic rings. The molecule has 9 amide bonds. The fourth-order valence-electron chi connectivity index (χ4n) is 11.9. The molecule has 9 N–H and O–H groups in total. The van der Waals surface area contributed by atoms with Crippen LogP contribution in [0.3, 0.4) is 0 Å². The summed E-state index contributed by atoms with van der Waals surface area (Å²) in [6, 6.07) is -3.72. The third-order valence-electron chi connectivity index (χ3n) is 16.7. The van der Waals surface area contributed by atoms with Gasteiger partial charge in [0.15, 0.2) is 55.5 Å². The molecule has 3 heterocycles. The summed E-state index contributed by atoms with van der Waals surface area (Å²) < 4.78 is 83.3. The van der Waals surface area contributed by atoms with Crippen LogP contribution >= 0.6 is 0 Å². The lowest BCUT2D eigenvalue weighted by atomic mass is 9.96. The molecule has 3 saturated heterocycles. The number of nitrogens with zero attached hydrogens (tertiary/aromatic N) is 1. The molecule has 115 heavy (non-hydrogen) atoms. The number of nitrogens with one attached hydrogen (secondary N) is 9. The maximum Gasteiger partial charge on any atom is 0.303 e. The first-order valence-corrected chi connectivity index (χ1v) is 37.8. The molecule has 3 fully saturated rings. The molecule has 43 heteroatoms. The van der Waals surface area contributed by atoms with Crippen molar-refractivity contribution in [1.82, 2.24) is 52.8 Å². The molecule has 0 bridgehead atoms. The van der Waals surface area contributed by atoms with Crippen molar-refractivity contribution in [2.24, 2.45) is 0 Å². The third-order valence-corrected chi connectivity index (χ3v) is 16.7. The minimum Gasteiger partial charge on any atom is -0.463 e. The Kier molecular flexibility index (Phi) is 46.8. The van der Waals surface area contributed by atoms with Crippen LogP contribution in [-0.2, 0) is 157 Å². The van der Waals surface area contributed by atoms with Crippen LogP contribution in [0, 0.1) is 0 Å². The van der Waals surface area contributed by atoms with Crippen molar-refractivity contribution in [3.8, 4) is 0 Å². The van der Waals surface area contributed by atoms with Crippen LogP contribution in [0.4, 0.5) is 0 Å². The number of hydrogen-bond donors (Lipinski definition) is 9. The van der Waals surface area contributed by atoms with Crippen LogP contribution in [0.25, 0.3) is 0 Å². The van der Waals surface area contributed by atoms with Gasteiger partial charge in [0.2, 0.25) is 53.2 Å². The summed E-state index contributed by atoms with van der Waals surface area (Å²) in [5, 5.41) is 24.8. The Morgan fingerprint density at radius 3 is 0.826 bits per heavy atom. The second-order valence-corrected chi connectivity index (χ2v) is 26.8. The van der Waals surface area contributed by atoms with E-state index < -0.39 is 201 Å². The largest absolute Gasteiger partial charge is 0.463 e. The second kappa shape index (κ2) is 54.1. The highest BCUT2D eigenvalue weighted by Gasteiger charge is 2.54. The summed E-state index contributed by atoms with van der Waals surface area (Å²) in [7, 11) is 0. The molecule has 0 saturated carbocycles. The number of esters is 9. The molecule has 3 aliphatic heterocycles. The molecule has 6 unspecified atom stereocenters. The predicted octanol–water partition coefficient (Wildman–Crippen LogP) is -3.32. The lowest BCUT2D eigenvalue weighted by Gasteiger charge is -2.44. The highest BCUT2D eigenvalue weighted by Crippen LogP contribution is 2.32. The number of ether oxygens (including phenoxy) is 15. The topological polar surface area (TPSA) is 557 Å². The molecular formula is C72H114N10O33. The Morgan fingerprint density at radius 2 is 0.539 bits per heavy atom. The van der Waals surface area contributed by atoms with Crippen LogP contribution in [0.5, 0.6) is 0 Å². The van der Waals surface area contributed by atoms with Crippen molar-refractivity contribution >= 4 is 107 Å². The van der Waals surface area contributed by atoms with Gasteiger partial charge in [-0.2, -0.15) is 0 Å². The minimum absolute atomic E-state index is 0.0125. The van der Waals surface area contributed by atoms with Gasteiger partial charge in [0.05, 0.1) is 39.1 Å². The van der Waals surface area contributed by atoms with Gasteiger partial charge in [0, 0.05) is 148 Å². The van der Waals surface area contributed by atoms with Gasteiger partial charge in [0.1, 0.15) is 56.3 Å². The van der Waals surface area contributed by atoms with E-state index in [1.165, 1.54) is 20.8 Å². The van der Waals surface area contributed by atoms with Crippen LogP contribution in [0.1, 0.15) is 160 Å². The molecule has 0 aromatic heterocycles. The molecule has 43 nitrogen and oxygen atoms in total. The molecular weight excluding hydrogens is 1530 g/mol. The Bertz CT molecular complexity index is 3260. The van der Waals surface area contributed by atoms with E-state index in [1.807, 2.05) is 0 Å². The predicted molar refractivity (Wildman–Crippen MR) is 390 cm³/mol. The summed E-state index contributed by atoms with van der Waals surface area (Å²) in [5.41, 5.74) is 0. The maximum absolute atomic E-state index is 13.8. The third kappa shape index (κ3) is 41.4. The van der Waals surface area contributed by atoms with Crippen LogP contribution in [0.2, 0.25) is 0 Å². The normalized spacial score (nSPS) is 22.7. The number of rotatable bonds is 51. The van der Waals surface area contributed by atoms with Gasteiger partial charge in [-0.15, -0.1) is 0 Å². The van der Waals surface area contributed by atoms with E-state index in [9.17, 15) is 86.3 Å². The summed E-state index contributed by atoms with van der Waals surface area (Å²) in [6.45, 7) is 13.6. The molecule has 650 valence electrons. The fraction of sp³-hybridized carbons (Fsp3) is 0.750. The van der Waals surface area contributed by atoms with Gasteiger partial charge >= 0.3 is 53.7 Å². The Balaban J connectivity index is 1.53. The van der Waals surface area contributed by atoms with E-state index in [4.69, 9.17) is 71.1 Å². The minimum atomic E-state index is -1.40. The van der Waals surface area contributed by atoms with E-state index in [0.717, 1.165) is 62.3 Å². The monoisotopic (exact) mass is 1650 g/mol. The van der Waals surface area contributed by atoms with Crippen molar-refractivity contribution in [2.75, 3.05) is 98.5 Å². The van der Waals surface area contributed by atoms with Crippen LogP contribution in [-0.4, -0.2) is 302 Å². The zero-order valence-electron chi connectivity index (χ0n) is 67.2. The number of amides is 9. The number of carbonyl (C=O) groups is 18. The molecule has 0 radical (unpaired) electrons. The smallest absolute Gasteiger partial charge is 0.303 e. The molecule has 0 aliphatic carbocycles. The van der Waals surface area contributed by atoms with E-state index in [2.05, 4.69) is 47.9 Å². The van der Waals surface area contributed by atoms with E-state index in [-0.39, 0.29) is 128 Å². The Hall–Kier alpha value is -9.82. The summed E-state index contributed by atoms with van der Waals surface area (Å²) in [4.78, 5) is 225. The van der Waals surface area contributed by atoms with Crippen molar-refractivity contribution in [3.63, 3.8) is 0 Å². The van der Waals surface area contributed by atoms with Gasteiger partial charge in [-0.3, -0.25) is 86.3 Å². The summed E-state index contributed by atoms with van der Waals surface area (Å²) in [6.07, 6.45) is -14.4. The zero-order valence-corrected chi connectivity index (χ0v) is 67.2. The number of carbonyl (C=O) groups excluding carboxylic acids is 18. The van der Waals surface area contributed by atoms with Crippen molar-refractivity contribution in [2.45, 2.75) is 252 Å². The molecule has 3 rings (SSSR count). The first-order chi connectivity index (χ1) is 54.4. The SMILES string of the molecule is CC(=O)NC1[C@H](OCCC(=O)NCCCC(=O)NCCCNCCCN(CCCNC(=O)CCCNC(=O)CCO[C@@H]2OC(COC(C)=O)[C@H](OC(C)=O)[C@H](OC(C)=O)C2NC(C)=O)C(=O)CCCNC(=O)CCO[C@@H]2OC(COC(C)=O)[C@H](OC(C)=O)[C@H](OC(C)=O)C2NC(C)=O)OC(COC(C)=O)[C@H](OC(C)=O)[C@@H]1OC(C)=O. The first kappa shape index (κ1) is 99.4. The first-order valence-electron chi connectivity index (χ1n) is 37.8. The molecule has 15 atom stereocenters. The van der Waals surface area contributed by atoms with Gasteiger partial charge in [-0.05, 0) is 51.6 Å². The molecule has 0 aromatic carbocycles. The van der Waals surface area contributed by atoms with Crippen LogP contribution in [0.15, 0.2) is 0 Å². The van der Waals surface area contributed by atoms with Crippen molar-refractivity contribution < 1.29 is 157 Å². The average molecular weight is 1650 g/mol. The Labute approximate surface area is 665 Å². The molecule has 3 aliphatic rings. The van der Waals surface area contributed by atoms with Gasteiger partial charge in [-0.1, -0.05) is 0 Å². The van der Waals surface area contributed by atoms with Crippen molar-refractivity contribution in [3.05, 3.63) is 0 Å². The van der Waals surface area contributed by atoms with E-state index >= 15 is 0 Å². The fourth-order valence-corrected chi connectivity index (χ4v) is 11.9. The summed E-state index contributed by atoms with van der Waals surface area (Å²) in [5.74, 6) is -10.9. The van der Waals surface area contributed by atoms with Gasteiger partial charge in [-0.25, -0.2) is 0 Å². The average Bonchev–Trinajstić information content (AvgIpc) is 0.799. The van der Waals surface area contributed by atoms with Gasteiger partial charge < -0.3 is 124 Å². The highest BCUT2D eigenvalue weighted by molar-refractivity contribution is 5.80. The number of hydrogen-bond acceptors (Lipinski definition) is 34. The molecule has 0 spiro atoms. The zero-order chi connectivity index (χ0) is 85.7. The summed E-state index contributed by atoms with van der Waals surface area (Å²) >= 11 is 0.